The molecule has 0 saturated carbocycles. The first kappa shape index (κ1) is 16.9. The van der Waals surface area contributed by atoms with Crippen LogP contribution in [-0.2, 0) is 6.54 Å². The van der Waals surface area contributed by atoms with E-state index in [0.29, 0.717) is 12.0 Å². The van der Waals surface area contributed by atoms with Crippen molar-refractivity contribution in [3.05, 3.63) is 35.4 Å². The van der Waals surface area contributed by atoms with Crippen LogP contribution in [0, 0.1) is 0 Å². The van der Waals surface area contributed by atoms with Gasteiger partial charge in [0.1, 0.15) is 0 Å². The second kappa shape index (κ2) is 8.21. The van der Waals surface area contributed by atoms with Gasteiger partial charge in [-0.05, 0) is 30.5 Å². The summed E-state index contributed by atoms with van der Waals surface area (Å²) in [4.78, 5) is 2.62. The lowest BCUT2D eigenvalue weighted by Crippen LogP contribution is -2.43. The summed E-state index contributed by atoms with van der Waals surface area (Å²) in [5.74, 6) is 1.85. The van der Waals surface area contributed by atoms with Crippen LogP contribution in [-0.4, -0.2) is 41.6 Å². The van der Waals surface area contributed by atoms with Gasteiger partial charge < -0.3 is 5.32 Å². The Labute approximate surface area is 134 Å². The fourth-order valence-electron chi connectivity index (χ4n) is 2.88. The highest BCUT2D eigenvalue weighted by Gasteiger charge is 2.24. The Morgan fingerprint density at radius 1 is 1.29 bits per heavy atom. The van der Waals surface area contributed by atoms with E-state index in [1.807, 2.05) is 0 Å². The number of benzene rings is 1. The number of nitrogens with zero attached hydrogens (tertiary/aromatic N) is 1. The van der Waals surface area contributed by atoms with Gasteiger partial charge in [-0.2, -0.15) is 11.8 Å². The molecule has 1 saturated heterocycles. The first-order valence-electron chi connectivity index (χ1n) is 8.27. The van der Waals surface area contributed by atoms with Gasteiger partial charge in [0, 0.05) is 36.7 Å². The second-order valence-corrected chi connectivity index (χ2v) is 7.72. The summed E-state index contributed by atoms with van der Waals surface area (Å²) in [5, 5.41) is 4.18. The van der Waals surface area contributed by atoms with Crippen LogP contribution in [0.5, 0.6) is 0 Å². The van der Waals surface area contributed by atoms with Crippen LogP contribution < -0.4 is 5.32 Å². The largest absolute Gasteiger partial charge is 0.316 e. The summed E-state index contributed by atoms with van der Waals surface area (Å²) in [6, 6.07) is 9.93. The Balaban J connectivity index is 1.92. The van der Waals surface area contributed by atoms with Gasteiger partial charge in [-0.25, -0.2) is 0 Å². The standard InChI is InChI=1S/C18H30N2S/c1-5-19-12-14(2)18-8-6-17(7-9-18)13-20-10-11-21-16(4)15(20)3/h6-9,14-16,19H,5,10-13H2,1-4H3. The third-order valence-electron chi connectivity index (χ3n) is 4.65. The average molecular weight is 307 g/mol. The number of hydrogen-bond acceptors (Lipinski definition) is 3. The Morgan fingerprint density at radius 2 is 2.00 bits per heavy atom. The summed E-state index contributed by atoms with van der Waals surface area (Å²) in [6.07, 6.45) is 0. The van der Waals surface area contributed by atoms with Crippen molar-refractivity contribution in [2.45, 2.75) is 51.4 Å². The zero-order valence-electron chi connectivity index (χ0n) is 13.9. The molecule has 2 nitrogen and oxygen atoms in total. The zero-order valence-corrected chi connectivity index (χ0v) is 14.7. The third-order valence-corrected chi connectivity index (χ3v) is 5.99. The maximum atomic E-state index is 3.43. The predicted molar refractivity (Wildman–Crippen MR) is 95.2 cm³/mol. The molecule has 3 unspecified atom stereocenters. The molecule has 1 aliphatic heterocycles. The lowest BCUT2D eigenvalue weighted by Gasteiger charge is -2.37. The topological polar surface area (TPSA) is 15.3 Å². The van der Waals surface area contributed by atoms with Crippen LogP contribution in [0.2, 0.25) is 0 Å². The molecule has 1 N–H and O–H groups in total. The van der Waals surface area contributed by atoms with Crippen molar-refractivity contribution < 1.29 is 0 Å². The van der Waals surface area contributed by atoms with Gasteiger partial charge in [0.15, 0.2) is 0 Å². The van der Waals surface area contributed by atoms with Crippen LogP contribution in [0.1, 0.15) is 44.7 Å². The molecular formula is C18H30N2S. The summed E-state index contributed by atoms with van der Waals surface area (Å²) in [6.45, 7) is 13.6. The summed E-state index contributed by atoms with van der Waals surface area (Å²) in [7, 11) is 0. The Morgan fingerprint density at radius 3 is 2.67 bits per heavy atom. The average Bonchev–Trinajstić information content (AvgIpc) is 2.50. The molecule has 0 aromatic heterocycles. The van der Waals surface area contributed by atoms with E-state index >= 15 is 0 Å². The van der Waals surface area contributed by atoms with E-state index in [0.717, 1.165) is 24.9 Å². The van der Waals surface area contributed by atoms with Gasteiger partial charge >= 0.3 is 0 Å². The fraction of sp³-hybridized carbons (Fsp3) is 0.667. The van der Waals surface area contributed by atoms with Crippen molar-refractivity contribution in [2.24, 2.45) is 0 Å². The molecule has 0 aliphatic carbocycles. The number of hydrogen-bond donors (Lipinski definition) is 1. The number of likely N-dealkylation sites (N-methyl/N-ethyl adjacent to an activating group) is 1. The maximum Gasteiger partial charge on any atom is 0.0237 e. The molecule has 0 amide bonds. The highest BCUT2D eigenvalue weighted by Crippen LogP contribution is 2.26. The second-order valence-electron chi connectivity index (χ2n) is 6.24. The fourth-order valence-corrected chi connectivity index (χ4v) is 4.05. The highest BCUT2D eigenvalue weighted by molar-refractivity contribution is 8.00. The molecule has 0 spiro atoms. The first-order valence-corrected chi connectivity index (χ1v) is 9.32. The summed E-state index contributed by atoms with van der Waals surface area (Å²) in [5.41, 5.74) is 2.88. The summed E-state index contributed by atoms with van der Waals surface area (Å²) < 4.78 is 0. The van der Waals surface area contributed by atoms with Gasteiger partial charge in [0.05, 0.1) is 0 Å². The van der Waals surface area contributed by atoms with Crippen molar-refractivity contribution in [1.29, 1.82) is 0 Å². The summed E-state index contributed by atoms with van der Waals surface area (Å²) >= 11 is 2.11. The molecule has 3 heteroatoms. The molecule has 2 rings (SSSR count). The number of rotatable bonds is 6. The lowest BCUT2D eigenvalue weighted by molar-refractivity contribution is 0.204. The van der Waals surface area contributed by atoms with Crippen molar-refractivity contribution >= 4 is 11.8 Å². The molecule has 1 aromatic carbocycles. The molecule has 21 heavy (non-hydrogen) atoms. The van der Waals surface area contributed by atoms with E-state index < -0.39 is 0 Å². The molecule has 1 aliphatic rings. The van der Waals surface area contributed by atoms with Crippen LogP contribution in [0.15, 0.2) is 24.3 Å². The van der Waals surface area contributed by atoms with Gasteiger partial charge in [0.2, 0.25) is 0 Å². The quantitative estimate of drug-likeness (QED) is 0.862. The van der Waals surface area contributed by atoms with E-state index in [2.05, 4.69) is 73.9 Å². The third kappa shape index (κ3) is 4.73. The first-order chi connectivity index (χ1) is 10.1. The van der Waals surface area contributed by atoms with Crippen molar-refractivity contribution in [2.75, 3.05) is 25.4 Å². The molecule has 118 valence electrons. The van der Waals surface area contributed by atoms with Crippen LogP contribution >= 0.6 is 11.8 Å². The molecule has 1 fully saturated rings. The lowest BCUT2D eigenvalue weighted by atomic mass is 9.99. The number of thioether (sulfide) groups is 1. The normalized spacial score (nSPS) is 25.0. The molecule has 1 aromatic rings. The van der Waals surface area contributed by atoms with E-state index in [1.165, 1.54) is 23.4 Å². The van der Waals surface area contributed by atoms with Gasteiger partial charge in [0.25, 0.3) is 0 Å². The van der Waals surface area contributed by atoms with Crippen molar-refractivity contribution in [3.8, 4) is 0 Å². The van der Waals surface area contributed by atoms with E-state index in [1.54, 1.807) is 0 Å². The molecule has 0 bridgehead atoms. The number of nitrogens with one attached hydrogen (secondary N) is 1. The van der Waals surface area contributed by atoms with Crippen molar-refractivity contribution in [3.63, 3.8) is 0 Å². The highest BCUT2D eigenvalue weighted by atomic mass is 32.2. The Bertz CT molecular complexity index is 418. The minimum atomic E-state index is 0.587. The molecular weight excluding hydrogens is 276 g/mol. The zero-order chi connectivity index (χ0) is 15.2. The van der Waals surface area contributed by atoms with Crippen molar-refractivity contribution in [1.82, 2.24) is 10.2 Å². The molecule has 0 radical (unpaired) electrons. The minimum Gasteiger partial charge on any atom is -0.316 e. The van der Waals surface area contributed by atoms with Crippen LogP contribution in [0.25, 0.3) is 0 Å². The van der Waals surface area contributed by atoms with Gasteiger partial charge in [-0.15, -0.1) is 0 Å². The van der Waals surface area contributed by atoms with Crippen LogP contribution in [0.4, 0.5) is 0 Å². The molecule has 3 atom stereocenters. The van der Waals surface area contributed by atoms with E-state index in [4.69, 9.17) is 0 Å². The molecule has 1 heterocycles. The van der Waals surface area contributed by atoms with E-state index in [-0.39, 0.29) is 0 Å². The van der Waals surface area contributed by atoms with Crippen LogP contribution in [0.3, 0.4) is 0 Å². The SMILES string of the molecule is CCNCC(C)c1ccc(CN2CCSC(C)C2C)cc1. The van der Waals surface area contributed by atoms with Gasteiger partial charge in [-0.3, -0.25) is 4.90 Å². The van der Waals surface area contributed by atoms with E-state index in [9.17, 15) is 0 Å². The van der Waals surface area contributed by atoms with Gasteiger partial charge in [-0.1, -0.05) is 45.0 Å². The monoisotopic (exact) mass is 306 g/mol. The predicted octanol–water partition coefficient (Wildman–Crippen LogP) is 3.73. The smallest absolute Gasteiger partial charge is 0.0237 e. The minimum absolute atomic E-state index is 0.587. The maximum absolute atomic E-state index is 3.43. The Hall–Kier alpha value is -0.510. The Kier molecular flexibility index (Phi) is 6.59.